The summed E-state index contributed by atoms with van der Waals surface area (Å²) in [6.07, 6.45) is -5.67. The van der Waals surface area contributed by atoms with Crippen molar-refractivity contribution in [1.82, 2.24) is 28.7 Å². The van der Waals surface area contributed by atoms with Gasteiger partial charge in [0.15, 0.2) is 27.0 Å². The summed E-state index contributed by atoms with van der Waals surface area (Å²) in [5.74, 6) is -0.716. The van der Waals surface area contributed by atoms with E-state index in [1.807, 2.05) is 13.1 Å². The summed E-state index contributed by atoms with van der Waals surface area (Å²) in [5.41, 5.74) is -9.21. The van der Waals surface area contributed by atoms with Crippen LogP contribution in [0.5, 0.6) is 0 Å². The molecule has 46 heteroatoms. The van der Waals surface area contributed by atoms with Crippen molar-refractivity contribution in [2.24, 2.45) is 32.5 Å². The lowest BCUT2D eigenvalue weighted by molar-refractivity contribution is -0.163. The lowest BCUT2D eigenvalue weighted by atomic mass is 9.98. The largest absolute Gasteiger partial charge is 0.438 e. The Bertz CT molecular complexity index is 4360. The van der Waals surface area contributed by atoms with Crippen LogP contribution in [0, 0.1) is 32.5 Å². The van der Waals surface area contributed by atoms with E-state index in [1.165, 1.54) is 56.6 Å². The third-order valence-electron chi connectivity index (χ3n) is 17.7. The van der Waals surface area contributed by atoms with Gasteiger partial charge in [-0.1, -0.05) is 28.2 Å². The Labute approximate surface area is 707 Å². The number of H-pyrrole nitrogens is 3. The molecule has 3 aliphatic rings. The van der Waals surface area contributed by atoms with E-state index in [9.17, 15) is 81.4 Å². The summed E-state index contributed by atoms with van der Waals surface area (Å²) in [5, 5.41) is 21.2. The van der Waals surface area contributed by atoms with Gasteiger partial charge in [0.05, 0.1) is 32.5 Å². The molecule has 3 fully saturated rings. The minimum absolute atomic E-state index is 0. The van der Waals surface area contributed by atoms with Crippen LogP contribution in [0.4, 0.5) is 0 Å². The predicted molar refractivity (Wildman–Crippen MR) is 438 cm³/mol. The van der Waals surface area contributed by atoms with Crippen molar-refractivity contribution < 1.29 is 141 Å². The zero-order valence-corrected chi connectivity index (χ0v) is 76.7. The van der Waals surface area contributed by atoms with Crippen molar-refractivity contribution in [2.75, 3.05) is 62.1 Å². The monoisotopic (exact) mass is 1820 g/mol. The summed E-state index contributed by atoms with van der Waals surface area (Å²) in [6.45, 7) is 35.1. The van der Waals surface area contributed by atoms with E-state index in [-0.39, 0.29) is 12.5 Å². The Balaban J connectivity index is 0.000000473. The Morgan fingerprint density at radius 3 is 0.803 bits per heavy atom. The molecule has 12 atom stereocenters. The number of esters is 6. The molecule has 0 spiro atoms. The summed E-state index contributed by atoms with van der Waals surface area (Å²) in [7, 11) is -11.2. The summed E-state index contributed by atoms with van der Waals surface area (Å²) in [4.78, 5) is 151. The number of carbonyl (C=O) groups is 6. The highest BCUT2D eigenvalue weighted by Crippen LogP contribution is 2.54. The van der Waals surface area contributed by atoms with Gasteiger partial charge in [-0.25, -0.2) is 14.4 Å². The molecule has 6 rings (SSSR count). The lowest BCUT2D eigenvalue weighted by Crippen LogP contribution is -2.49. The van der Waals surface area contributed by atoms with E-state index in [0.717, 1.165) is 50.9 Å². The summed E-state index contributed by atoms with van der Waals surface area (Å²) >= 11 is 0. The molecule has 6 heterocycles. The number of carbonyl (C=O) groups excluding carboxylic acids is 6. The molecule has 42 nitrogen and oxygen atoms in total. The standard InChI is InChI=1S/C29H49N2O12PSi.2C23H35N2O12P.CH4/c1-27(2,3)24(33)38-17-40-44(36,41-18-39-25(34)28(4,5)6)16-14-19-21(43-45(11,12)29(7,8)9)22(37-10)23(42-19)31-15-13-20(32)30-26(31)35;2*1-22(2,3)19(28)33-12-35-38(31,36-13-34-20(29)23(4,5)6)11-9-14-16(27)17(32-7)18(37-14)25-10-8-15(26)24-21(25)30;/h13-16,19,21-23H,17-18H2,1-12H3,(H,30,32,35);2*8-11,14,16-18,27H,12-13H2,1-7H3,(H,24,26,30);1H4/b16-14+;11-9+;11-9-;/t19-,21?,22+,23-;2*14-,16?,17+,18-;/m111./s1. The molecular formula is C76H123N6O36P3Si. The van der Waals surface area contributed by atoms with Crippen molar-refractivity contribution >= 4 is 66.9 Å². The summed E-state index contributed by atoms with van der Waals surface area (Å²) in [6, 6.07) is 3.37. The van der Waals surface area contributed by atoms with Crippen LogP contribution in [0.15, 0.2) is 101 Å². The number of ether oxygens (including phenoxy) is 12. The Hall–Kier alpha value is -7.61. The fraction of sp³-hybridized carbons (Fsp3) is 0.684. The average molecular weight is 1820 g/mol. The number of nitrogens with one attached hydrogen (secondary N) is 3. The number of hydrogen-bond donors (Lipinski definition) is 5. The third-order valence-corrected chi connectivity index (χ3v) is 26.6. The van der Waals surface area contributed by atoms with E-state index in [4.69, 9.17) is 88.4 Å². The third kappa shape index (κ3) is 32.4. The minimum Gasteiger partial charge on any atom is -0.438 e. The zero-order chi connectivity index (χ0) is 92.4. The van der Waals surface area contributed by atoms with E-state index in [0.29, 0.717) is 0 Å². The molecule has 3 aromatic heterocycles. The SMILES string of the molecule is C.CO[C@H]1C(O)[C@@H](/C=C/P(=O)(OCOC(=O)C(C)(C)C)OCOC(=O)C(C)(C)C)O[C@H]1n1ccc(=O)[nH]c1=O.CO[C@H]1C(O)[C@@H](/C=C\P(=O)(OCOC(=O)C(C)(C)C)OCOC(=O)C(C)(C)C)O[C@H]1n1ccc(=O)[nH]c1=O.CO[C@H]1C(O[Si](C)(C)C(C)(C)C)[C@@H](/C=C/P(=O)(OCOC(=O)C(C)(C)C)OCOC(=O)C(C)(C)C)O[C@H]1n1ccc(=O)[nH]c1=O. The molecular weight excluding hydrogens is 1690 g/mol. The van der Waals surface area contributed by atoms with Gasteiger partial charge in [-0.2, -0.15) is 0 Å². The van der Waals surface area contributed by atoms with E-state index >= 15 is 0 Å². The van der Waals surface area contributed by atoms with Gasteiger partial charge >= 0.3 is 75.7 Å². The molecule has 0 amide bonds. The van der Waals surface area contributed by atoms with Crippen LogP contribution in [0.3, 0.4) is 0 Å². The molecule has 0 aromatic carbocycles. The van der Waals surface area contributed by atoms with E-state index in [1.54, 1.807) is 125 Å². The topological polar surface area (TPSA) is 534 Å². The van der Waals surface area contributed by atoms with Gasteiger partial charge in [0, 0.05) is 75.6 Å². The first-order chi connectivity index (χ1) is 55.4. The fourth-order valence-corrected chi connectivity index (χ4v) is 14.0. The molecule has 0 bridgehead atoms. The van der Waals surface area contributed by atoms with Crippen LogP contribution in [-0.4, -0.2) is 200 Å². The maximum absolute atomic E-state index is 13.8. The predicted octanol–water partition coefficient (Wildman–Crippen LogP) is 8.60. The second-order valence-corrected chi connectivity index (χ2v) is 45.6. The highest BCUT2D eigenvalue weighted by atomic mass is 31.2. The van der Waals surface area contributed by atoms with Crippen molar-refractivity contribution in [3.8, 4) is 0 Å². The zero-order valence-electron chi connectivity index (χ0n) is 73.1. The minimum atomic E-state index is -4.25. The van der Waals surface area contributed by atoms with E-state index in [2.05, 4.69) is 35.7 Å². The molecule has 3 saturated heterocycles. The van der Waals surface area contributed by atoms with Crippen molar-refractivity contribution in [1.29, 1.82) is 0 Å². The number of methoxy groups -OCH3 is 3. The molecule has 0 aliphatic carbocycles. The quantitative estimate of drug-likeness (QED) is 0.0128. The maximum atomic E-state index is 13.8. The molecule has 5 N–H and O–H groups in total. The van der Waals surface area contributed by atoms with Crippen LogP contribution in [0.2, 0.25) is 18.1 Å². The van der Waals surface area contributed by atoms with Gasteiger partial charge in [-0.15, -0.1) is 0 Å². The Kier molecular flexibility index (Phi) is 39.6. The summed E-state index contributed by atoms with van der Waals surface area (Å²) < 4.78 is 146. The highest BCUT2D eigenvalue weighted by Gasteiger charge is 2.52. The van der Waals surface area contributed by atoms with Crippen molar-refractivity contribution in [3.05, 3.63) is 135 Å². The van der Waals surface area contributed by atoms with Gasteiger partial charge in [-0.3, -0.25) is 113 Å². The number of aliphatic hydroxyl groups excluding tert-OH is 2. The van der Waals surface area contributed by atoms with Crippen LogP contribution in [-0.2, 0) is 131 Å². The Morgan fingerprint density at radius 1 is 0.385 bits per heavy atom. The van der Waals surface area contributed by atoms with Crippen LogP contribution < -0.4 is 33.7 Å². The number of rotatable bonds is 32. The smallest absolute Gasteiger partial charge is 0.359 e. The first kappa shape index (κ1) is 109. The molecule has 122 heavy (non-hydrogen) atoms. The molecule has 692 valence electrons. The average Bonchev–Trinajstić information content (AvgIpc) is 1.61. The van der Waals surface area contributed by atoms with E-state index < -0.39 is 248 Å². The molecule has 0 saturated carbocycles. The molecule has 0 radical (unpaired) electrons. The van der Waals surface area contributed by atoms with Gasteiger partial charge < -0.3 is 71.5 Å². The van der Waals surface area contributed by atoms with Crippen LogP contribution in [0.25, 0.3) is 0 Å². The van der Waals surface area contributed by atoms with Crippen LogP contribution >= 0.6 is 22.8 Å². The highest BCUT2D eigenvalue weighted by molar-refractivity contribution is 7.57. The van der Waals surface area contributed by atoms with Crippen molar-refractivity contribution in [3.63, 3.8) is 0 Å². The number of aromatic amines is 3. The normalized spacial score (nSPS) is 22.0. The Morgan fingerprint density at radius 2 is 0.598 bits per heavy atom. The van der Waals surface area contributed by atoms with Crippen molar-refractivity contribution in [2.45, 2.75) is 245 Å². The van der Waals surface area contributed by atoms with Gasteiger partial charge in [0.25, 0.3) is 16.7 Å². The maximum Gasteiger partial charge on any atom is 0.359 e. The number of nitrogens with zero attached hydrogens (tertiary/aromatic N) is 3. The fourth-order valence-electron chi connectivity index (χ4n) is 9.62. The molecule has 3 unspecified atom stereocenters. The second kappa shape index (κ2) is 44.5. The second-order valence-electron chi connectivity index (χ2n) is 35.2. The lowest BCUT2D eigenvalue weighted by Gasteiger charge is -2.40. The number of aliphatic hydroxyl groups is 2. The van der Waals surface area contributed by atoms with Gasteiger partial charge in [0.1, 0.15) is 54.9 Å². The number of hydrogen-bond acceptors (Lipinski definition) is 36. The first-order valence-corrected chi connectivity index (χ1v) is 45.4. The first-order valence-electron chi connectivity index (χ1n) is 37.7. The molecule has 3 aromatic rings. The molecule has 3 aliphatic heterocycles. The van der Waals surface area contributed by atoms with Crippen LogP contribution in [0.1, 0.15) is 172 Å². The van der Waals surface area contributed by atoms with Gasteiger partial charge in [-0.05, 0) is 161 Å². The number of aromatic nitrogens is 6. The van der Waals surface area contributed by atoms with Gasteiger partial charge in [0.2, 0.25) is 40.8 Å².